The van der Waals surface area contributed by atoms with Crippen molar-refractivity contribution in [1.29, 1.82) is 0 Å². The van der Waals surface area contributed by atoms with E-state index in [1.807, 2.05) is 6.08 Å². The lowest BCUT2D eigenvalue weighted by Crippen LogP contribution is -2.08. The molecule has 0 unspecified atom stereocenters. The van der Waals surface area contributed by atoms with Gasteiger partial charge in [0.2, 0.25) is 0 Å². The zero-order chi connectivity index (χ0) is 10.4. The van der Waals surface area contributed by atoms with Gasteiger partial charge in [0.1, 0.15) is 0 Å². The van der Waals surface area contributed by atoms with Crippen LogP contribution in [-0.4, -0.2) is 0 Å². The van der Waals surface area contributed by atoms with E-state index in [0.717, 1.165) is 12.3 Å². The van der Waals surface area contributed by atoms with Crippen molar-refractivity contribution < 1.29 is 0 Å². The van der Waals surface area contributed by atoms with Crippen LogP contribution in [0.2, 0.25) is 0 Å². The molecule has 1 aliphatic rings. The third kappa shape index (κ3) is 3.53. The predicted molar refractivity (Wildman–Crippen MR) is 64.3 cm³/mol. The normalized spacial score (nSPS) is 19.4. The van der Waals surface area contributed by atoms with E-state index in [1.54, 1.807) is 0 Å². The van der Waals surface area contributed by atoms with E-state index in [4.69, 9.17) is 0 Å². The SMILES string of the molecule is C=C/C=C(/C)CC(=C)C1CCCCC1. The second-order valence-corrected chi connectivity index (χ2v) is 4.42. The van der Waals surface area contributed by atoms with Gasteiger partial charge in [-0.05, 0) is 32.1 Å². The van der Waals surface area contributed by atoms with Crippen molar-refractivity contribution in [1.82, 2.24) is 0 Å². The van der Waals surface area contributed by atoms with Gasteiger partial charge in [0.05, 0.1) is 0 Å². The van der Waals surface area contributed by atoms with Crippen LogP contribution >= 0.6 is 0 Å². The highest BCUT2D eigenvalue weighted by atomic mass is 14.2. The Labute approximate surface area is 88.4 Å². The quantitative estimate of drug-likeness (QED) is 0.447. The lowest BCUT2D eigenvalue weighted by Gasteiger charge is -2.23. The Morgan fingerprint density at radius 1 is 1.29 bits per heavy atom. The van der Waals surface area contributed by atoms with Gasteiger partial charge < -0.3 is 0 Å². The van der Waals surface area contributed by atoms with Gasteiger partial charge in [-0.25, -0.2) is 0 Å². The van der Waals surface area contributed by atoms with Crippen molar-refractivity contribution in [3.63, 3.8) is 0 Å². The van der Waals surface area contributed by atoms with Crippen molar-refractivity contribution in [2.75, 3.05) is 0 Å². The summed E-state index contributed by atoms with van der Waals surface area (Å²) in [6, 6.07) is 0. The fourth-order valence-corrected chi connectivity index (χ4v) is 2.27. The molecule has 0 spiro atoms. The van der Waals surface area contributed by atoms with E-state index in [2.05, 4.69) is 26.2 Å². The maximum atomic E-state index is 4.23. The molecule has 0 aromatic rings. The van der Waals surface area contributed by atoms with E-state index in [-0.39, 0.29) is 0 Å². The van der Waals surface area contributed by atoms with Crippen LogP contribution in [0.3, 0.4) is 0 Å². The summed E-state index contributed by atoms with van der Waals surface area (Å²) in [6.07, 6.45) is 12.0. The molecule has 1 saturated carbocycles. The highest BCUT2D eigenvalue weighted by Crippen LogP contribution is 2.31. The first-order chi connectivity index (χ1) is 6.74. The summed E-state index contributed by atoms with van der Waals surface area (Å²) in [5, 5.41) is 0. The van der Waals surface area contributed by atoms with Crippen LogP contribution in [0, 0.1) is 5.92 Å². The Kier molecular flexibility index (Phi) is 4.72. The maximum absolute atomic E-state index is 4.23. The maximum Gasteiger partial charge on any atom is -0.0108 e. The van der Waals surface area contributed by atoms with Crippen LogP contribution in [0.5, 0.6) is 0 Å². The first-order valence-electron chi connectivity index (χ1n) is 5.70. The molecule has 1 fully saturated rings. The van der Waals surface area contributed by atoms with Crippen LogP contribution in [-0.2, 0) is 0 Å². The van der Waals surface area contributed by atoms with E-state index in [0.29, 0.717) is 0 Å². The summed E-state index contributed by atoms with van der Waals surface area (Å²) in [7, 11) is 0. The fraction of sp³-hybridized carbons (Fsp3) is 0.571. The molecule has 0 saturated heterocycles. The van der Waals surface area contributed by atoms with Crippen LogP contribution in [0.15, 0.2) is 36.5 Å². The largest absolute Gasteiger partial charge is 0.0993 e. The Morgan fingerprint density at radius 3 is 2.50 bits per heavy atom. The van der Waals surface area contributed by atoms with Crippen LogP contribution in [0.4, 0.5) is 0 Å². The lowest BCUT2D eigenvalue weighted by atomic mass is 9.82. The first-order valence-corrected chi connectivity index (χ1v) is 5.70. The molecule has 0 heteroatoms. The molecule has 1 rings (SSSR count). The lowest BCUT2D eigenvalue weighted by molar-refractivity contribution is 0.399. The van der Waals surface area contributed by atoms with Crippen LogP contribution in [0.1, 0.15) is 45.4 Å². The number of hydrogen-bond acceptors (Lipinski definition) is 0. The molecule has 0 aromatic carbocycles. The number of hydrogen-bond donors (Lipinski definition) is 0. The second kappa shape index (κ2) is 5.85. The summed E-state index contributed by atoms with van der Waals surface area (Å²) in [5.74, 6) is 0.789. The standard InChI is InChI=1S/C14H22/c1-4-8-12(2)11-13(3)14-9-6-5-7-10-14/h4,8,14H,1,3,5-7,9-11H2,2H3/b12-8-. The molecule has 0 bridgehead atoms. The number of allylic oxidation sites excluding steroid dienone is 4. The number of rotatable bonds is 4. The molecule has 0 aromatic heterocycles. The minimum Gasteiger partial charge on any atom is -0.0993 e. The average molecular weight is 190 g/mol. The zero-order valence-electron chi connectivity index (χ0n) is 9.39. The zero-order valence-corrected chi connectivity index (χ0v) is 9.39. The summed E-state index contributed by atoms with van der Waals surface area (Å²) >= 11 is 0. The predicted octanol–water partition coefficient (Wildman–Crippen LogP) is 4.65. The highest BCUT2D eigenvalue weighted by molar-refractivity contribution is 5.17. The third-order valence-corrected chi connectivity index (χ3v) is 3.09. The molecular weight excluding hydrogens is 168 g/mol. The van der Waals surface area contributed by atoms with E-state index in [1.165, 1.54) is 43.3 Å². The van der Waals surface area contributed by atoms with Gasteiger partial charge in [0.25, 0.3) is 0 Å². The summed E-state index contributed by atoms with van der Waals surface area (Å²) in [6.45, 7) is 10.1. The van der Waals surface area contributed by atoms with Crippen molar-refractivity contribution in [3.8, 4) is 0 Å². The molecule has 0 amide bonds. The minimum atomic E-state index is 0.789. The van der Waals surface area contributed by atoms with Gasteiger partial charge in [-0.15, -0.1) is 0 Å². The van der Waals surface area contributed by atoms with Crippen LogP contribution < -0.4 is 0 Å². The van der Waals surface area contributed by atoms with Crippen molar-refractivity contribution in [2.24, 2.45) is 5.92 Å². The molecule has 0 radical (unpaired) electrons. The molecule has 0 aliphatic heterocycles. The second-order valence-electron chi connectivity index (χ2n) is 4.42. The third-order valence-electron chi connectivity index (χ3n) is 3.09. The summed E-state index contributed by atoms with van der Waals surface area (Å²) in [4.78, 5) is 0. The Hall–Kier alpha value is -0.780. The van der Waals surface area contributed by atoms with Gasteiger partial charge >= 0.3 is 0 Å². The van der Waals surface area contributed by atoms with Crippen molar-refractivity contribution in [2.45, 2.75) is 45.4 Å². The van der Waals surface area contributed by atoms with Gasteiger partial charge in [-0.2, -0.15) is 0 Å². The summed E-state index contributed by atoms with van der Waals surface area (Å²) < 4.78 is 0. The fourth-order valence-electron chi connectivity index (χ4n) is 2.27. The molecule has 78 valence electrons. The monoisotopic (exact) mass is 190 g/mol. The van der Waals surface area contributed by atoms with E-state index in [9.17, 15) is 0 Å². The van der Waals surface area contributed by atoms with E-state index < -0.39 is 0 Å². The van der Waals surface area contributed by atoms with Crippen molar-refractivity contribution >= 4 is 0 Å². The first kappa shape index (κ1) is 11.3. The Balaban J connectivity index is 2.40. The van der Waals surface area contributed by atoms with Gasteiger partial charge in [0, 0.05) is 0 Å². The molecule has 0 N–H and O–H groups in total. The molecule has 14 heavy (non-hydrogen) atoms. The van der Waals surface area contributed by atoms with Crippen molar-refractivity contribution in [3.05, 3.63) is 36.5 Å². The topological polar surface area (TPSA) is 0 Å². The molecule has 1 aliphatic carbocycles. The Bertz CT molecular complexity index is 226. The molecule has 0 atom stereocenters. The van der Waals surface area contributed by atoms with Gasteiger partial charge in [-0.1, -0.05) is 55.7 Å². The molecular formula is C14H22. The summed E-state index contributed by atoms with van der Waals surface area (Å²) in [5.41, 5.74) is 2.82. The Morgan fingerprint density at radius 2 is 1.93 bits per heavy atom. The van der Waals surface area contributed by atoms with Gasteiger partial charge in [-0.3, -0.25) is 0 Å². The molecule has 0 heterocycles. The smallest absolute Gasteiger partial charge is 0.0108 e. The highest BCUT2D eigenvalue weighted by Gasteiger charge is 2.15. The van der Waals surface area contributed by atoms with Crippen LogP contribution in [0.25, 0.3) is 0 Å². The van der Waals surface area contributed by atoms with E-state index >= 15 is 0 Å². The molecule has 0 nitrogen and oxygen atoms in total. The average Bonchev–Trinajstić information content (AvgIpc) is 2.19. The minimum absolute atomic E-state index is 0.789. The van der Waals surface area contributed by atoms with Gasteiger partial charge in [0.15, 0.2) is 0 Å².